The van der Waals surface area contributed by atoms with Crippen LogP contribution in [0.5, 0.6) is 0 Å². The molecule has 4 atom stereocenters. The van der Waals surface area contributed by atoms with Crippen LogP contribution < -0.4 is 0 Å². The molecule has 2 bridgehead atoms. The van der Waals surface area contributed by atoms with Gasteiger partial charge in [-0.2, -0.15) is 0 Å². The second-order valence-corrected chi connectivity index (χ2v) is 6.46. The Kier molecular flexibility index (Phi) is 3.45. The molecule has 4 rings (SSSR count). The zero-order chi connectivity index (χ0) is 15.8. The number of ketones is 2. The van der Waals surface area contributed by atoms with Gasteiger partial charge in [0.25, 0.3) is 0 Å². The van der Waals surface area contributed by atoms with Gasteiger partial charge in [-0.1, -0.05) is 72.8 Å². The van der Waals surface area contributed by atoms with Crippen LogP contribution in [0.15, 0.2) is 72.8 Å². The van der Waals surface area contributed by atoms with Crippen LogP contribution >= 0.6 is 0 Å². The summed E-state index contributed by atoms with van der Waals surface area (Å²) in [6, 6.07) is 18.7. The van der Waals surface area contributed by atoms with Crippen molar-refractivity contribution in [1.82, 2.24) is 0 Å². The van der Waals surface area contributed by atoms with Gasteiger partial charge in [-0.25, -0.2) is 0 Å². The zero-order valence-electron chi connectivity index (χ0n) is 12.8. The molecule has 2 aliphatic carbocycles. The highest BCUT2D eigenvalue weighted by Gasteiger charge is 2.51. The van der Waals surface area contributed by atoms with Crippen molar-refractivity contribution in [3.8, 4) is 0 Å². The predicted octanol–water partition coefficient (Wildman–Crippen LogP) is 4.19. The summed E-state index contributed by atoms with van der Waals surface area (Å²) in [6.45, 7) is 0. The van der Waals surface area contributed by atoms with Gasteiger partial charge in [0, 0.05) is 23.0 Å². The first-order valence-electron chi connectivity index (χ1n) is 8.12. The third-order valence-corrected chi connectivity index (χ3v) is 5.18. The lowest BCUT2D eigenvalue weighted by Gasteiger charge is -2.26. The van der Waals surface area contributed by atoms with Gasteiger partial charge in [0.2, 0.25) is 0 Å². The molecule has 114 valence electrons. The highest BCUT2D eigenvalue weighted by molar-refractivity contribution is 6.06. The summed E-state index contributed by atoms with van der Waals surface area (Å²) in [6.07, 6.45) is 5.18. The van der Waals surface area contributed by atoms with Crippen molar-refractivity contribution in [2.45, 2.75) is 6.42 Å². The van der Waals surface area contributed by atoms with Crippen molar-refractivity contribution < 1.29 is 9.59 Å². The topological polar surface area (TPSA) is 34.1 Å². The Morgan fingerprint density at radius 3 is 1.43 bits per heavy atom. The number of rotatable bonds is 4. The van der Waals surface area contributed by atoms with Gasteiger partial charge in [-0.05, 0) is 18.3 Å². The van der Waals surface area contributed by atoms with E-state index in [0.717, 1.165) is 6.42 Å². The van der Waals surface area contributed by atoms with E-state index < -0.39 is 0 Å². The summed E-state index contributed by atoms with van der Waals surface area (Å²) in [5.74, 6) is 0.171. The Hall–Kier alpha value is -2.48. The van der Waals surface area contributed by atoms with Crippen LogP contribution in [0.25, 0.3) is 0 Å². The molecule has 2 nitrogen and oxygen atoms in total. The molecule has 0 spiro atoms. The fraction of sp³-hybridized carbons (Fsp3) is 0.238. The minimum absolute atomic E-state index is 0.108. The maximum Gasteiger partial charge on any atom is 0.167 e. The Balaban J connectivity index is 1.69. The molecule has 23 heavy (non-hydrogen) atoms. The fourth-order valence-corrected chi connectivity index (χ4v) is 4.13. The van der Waals surface area contributed by atoms with Crippen LogP contribution in [0.3, 0.4) is 0 Å². The molecule has 0 saturated heterocycles. The predicted molar refractivity (Wildman–Crippen MR) is 89.3 cm³/mol. The summed E-state index contributed by atoms with van der Waals surface area (Å²) in [5.41, 5.74) is 1.42. The summed E-state index contributed by atoms with van der Waals surface area (Å²) < 4.78 is 0. The Bertz CT molecular complexity index is 695. The second kappa shape index (κ2) is 5.62. The van der Waals surface area contributed by atoms with E-state index in [1.807, 2.05) is 60.7 Å². The molecule has 2 aromatic rings. The number of carbonyl (C=O) groups is 2. The minimum Gasteiger partial charge on any atom is -0.294 e. The Labute approximate surface area is 135 Å². The van der Waals surface area contributed by atoms with Gasteiger partial charge in [0.1, 0.15) is 0 Å². The molecule has 0 heterocycles. The van der Waals surface area contributed by atoms with Gasteiger partial charge < -0.3 is 0 Å². The number of hydrogen-bond acceptors (Lipinski definition) is 2. The lowest BCUT2D eigenvalue weighted by Crippen LogP contribution is -2.33. The fourth-order valence-electron chi connectivity index (χ4n) is 4.13. The van der Waals surface area contributed by atoms with Gasteiger partial charge in [-0.3, -0.25) is 9.59 Å². The lowest BCUT2D eigenvalue weighted by molar-refractivity contribution is 0.0752. The maximum absolute atomic E-state index is 13.0. The summed E-state index contributed by atoms with van der Waals surface area (Å²) in [4.78, 5) is 26.0. The molecule has 0 aliphatic heterocycles. The van der Waals surface area contributed by atoms with Crippen LogP contribution in [0.1, 0.15) is 27.1 Å². The van der Waals surface area contributed by atoms with Gasteiger partial charge in [-0.15, -0.1) is 0 Å². The maximum atomic E-state index is 13.0. The molecular weight excluding hydrogens is 284 g/mol. The molecule has 0 N–H and O–H groups in total. The highest BCUT2D eigenvalue weighted by Crippen LogP contribution is 2.50. The summed E-state index contributed by atoms with van der Waals surface area (Å²) in [7, 11) is 0. The normalized spacial score (nSPS) is 28.0. The Morgan fingerprint density at radius 1 is 0.652 bits per heavy atom. The number of carbonyl (C=O) groups excluding carboxylic acids is 2. The van der Waals surface area contributed by atoms with Crippen LogP contribution in [0, 0.1) is 23.7 Å². The molecule has 2 aliphatic rings. The first-order valence-corrected chi connectivity index (χ1v) is 8.12. The van der Waals surface area contributed by atoms with Gasteiger partial charge in [0.05, 0.1) is 0 Å². The van der Waals surface area contributed by atoms with E-state index in [1.165, 1.54) is 0 Å². The van der Waals surface area contributed by atoms with Crippen molar-refractivity contribution in [1.29, 1.82) is 0 Å². The van der Waals surface area contributed by atoms with E-state index in [9.17, 15) is 9.59 Å². The van der Waals surface area contributed by atoms with Crippen molar-refractivity contribution >= 4 is 11.6 Å². The van der Waals surface area contributed by atoms with Crippen LogP contribution in [-0.2, 0) is 0 Å². The van der Waals surface area contributed by atoms with Crippen LogP contribution in [0.2, 0.25) is 0 Å². The van der Waals surface area contributed by atoms with E-state index in [-0.39, 0.29) is 35.2 Å². The molecular formula is C21H18O2. The van der Waals surface area contributed by atoms with Crippen molar-refractivity contribution in [2.75, 3.05) is 0 Å². The van der Waals surface area contributed by atoms with E-state index in [2.05, 4.69) is 12.2 Å². The SMILES string of the molecule is O=C(c1ccccc1)[C@H]1[C@H](C(=O)c2ccccc2)[C@H]2C=C[C@H]1C2. The standard InChI is InChI=1S/C21H18O2/c22-20(14-7-3-1-4-8-14)18-16-11-12-17(13-16)19(18)21(23)15-9-5-2-6-10-15/h1-12,16-19H,13H2/t16-,17-,18+,19+/m0/s1. The lowest BCUT2D eigenvalue weighted by atomic mass is 9.75. The van der Waals surface area contributed by atoms with E-state index >= 15 is 0 Å². The molecule has 0 radical (unpaired) electrons. The van der Waals surface area contributed by atoms with Crippen LogP contribution in [-0.4, -0.2) is 11.6 Å². The number of allylic oxidation sites excluding steroid dienone is 2. The average Bonchev–Trinajstić information content (AvgIpc) is 3.23. The third kappa shape index (κ3) is 2.35. The number of fused-ring (bicyclic) bond motifs is 2. The minimum atomic E-state index is -0.222. The first-order chi connectivity index (χ1) is 11.3. The zero-order valence-corrected chi connectivity index (χ0v) is 12.8. The molecule has 0 aromatic heterocycles. The monoisotopic (exact) mass is 302 g/mol. The van der Waals surface area contributed by atoms with Crippen molar-refractivity contribution in [3.63, 3.8) is 0 Å². The molecule has 0 unspecified atom stereocenters. The molecule has 2 aromatic carbocycles. The van der Waals surface area contributed by atoms with Crippen LogP contribution in [0.4, 0.5) is 0 Å². The number of hydrogen-bond donors (Lipinski definition) is 0. The van der Waals surface area contributed by atoms with E-state index in [0.29, 0.717) is 11.1 Å². The first kappa shape index (κ1) is 14.1. The average molecular weight is 302 g/mol. The quantitative estimate of drug-likeness (QED) is 0.627. The largest absolute Gasteiger partial charge is 0.294 e. The smallest absolute Gasteiger partial charge is 0.167 e. The third-order valence-electron chi connectivity index (χ3n) is 5.18. The highest BCUT2D eigenvalue weighted by atomic mass is 16.1. The molecule has 2 heteroatoms. The molecule has 1 fully saturated rings. The molecule has 1 saturated carbocycles. The van der Waals surface area contributed by atoms with Gasteiger partial charge >= 0.3 is 0 Å². The van der Waals surface area contributed by atoms with E-state index in [4.69, 9.17) is 0 Å². The van der Waals surface area contributed by atoms with E-state index in [1.54, 1.807) is 0 Å². The second-order valence-electron chi connectivity index (χ2n) is 6.46. The molecule has 0 amide bonds. The number of Topliss-reactive ketones (excluding diaryl/α,β-unsaturated/α-hetero) is 2. The van der Waals surface area contributed by atoms with Gasteiger partial charge in [0.15, 0.2) is 11.6 Å². The Morgan fingerprint density at radius 2 is 1.04 bits per heavy atom. The summed E-state index contributed by atoms with van der Waals surface area (Å²) in [5, 5.41) is 0. The van der Waals surface area contributed by atoms with Crippen molar-refractivity contribution in [3.05, 3.63) is 83.9 Å². The number of benzene rings is 2. The van der Waals surface area contributed by atoms with Crippen molar-refractivity contribution in [2.24, 2.45) is 23.7 Å². The summed E-state index contributed by atoms with van der Waals surface area (Å²) >= 11 is 0.